The molecule has 0 aromatic heterocycles. The Morgan fingerprint density at radius 1 is 0.742 bits per heavy atom. The normalized spacial score (nSPS) is 16.5. The predicted octanol–water partition coefficient (Wildman–Crippen LogP) is -5.63. The van der Waals surface area contributed by atoms with E-state index in [4.69, 9.17) is 22.3 Å². The number of aliphatic hydroxyl groups is 2. The molecule has 0 aromatic carbocycles. The fraction of sp³-hybridized carbons (Fsp3) is 0.625. The van der Waals surface area contributed by atoms with Gasteiger partial charge in [0.15, 0.2) is 0 Å². The summed E-state index contributed by atoms with van der Waals surface area (Å²) in [6.07, 6.45) is -4.30. The zero-order chi connectivity index (χ0) is 24.5. The number of carbonyl (C=O) groups excluding carboxylic acids is 5. The number of carboxylic acids is 1. The lowest BCUT2D eigenvalue weighted by molar-refractivity contribution is -0.144. The van der Waals surface area contributed by atoms with Crippen LogP contribution in [0, 0.1) is 0 Å². The van der Waals surface area contributed by atoms with Crippen molar-refractivity contribution in [1.82, 2.24) is 16.0 Å². The molecule has 0 aliphatic rings. The summed E-state index contributed by atoms with van der Waals surface area (Å²) in [7, 11) is 0. The van der Waals surface area contributed by atoms with Gasteiger partial charge in [0, 0.05) is 0 Å². The van der Waals surface area contributed by atoms with Crippen LogP contribution in [0.1, 0.15) is 26.7 Å². The molecule has 12 N–H and O–H groups in total. The van der Waals surface area contributed by atoms with Crippen LogP contribution in [0.15, 0.2) is 0 Å². The number of carboxylic acid groups (broad SMARTS) is 1. The number of nitrogens with two attached hydrogens (primary N) is 3. The molecule has 0 saturated heterocycles. The largest absolute Gasteiger partial charge is 0.480 e. The molecular formula is C16H28N6O9. The van der Waals surface area contributed by atoms with Crippen molar-refractivity contribution in [3.8, 4) is 0 Å². The molecule has 6 unspecified atom stereocenters. The van der Waals surface area contributed by atoms with Crippen LogP contribution in [-0.4, -0.2) is 87.2 Å². The van der Waals surface area contributed by atoms with E-state index in [0.29, 0.717) is 0 Å². The van der Waals surface area contributed by atoms with E-state index in [0.717, 1.165) is 6.92 Å². The number of primary amides is 2. The first-order chi connectivity index (χ1) is 14.2. The van der Waals surface area contributed by atoms with E-state index < -0.39 is 84.7 Å². The third-order valence-electron chi connectivity index (χ3n) is 3.94. The van der Waals surface area contributed by atoms with Crippen molar-refractivity contribution in [3.63, 3.8) is 0 Å². The molecular weight excluding hydrogens is 420 g/mol. The van der Waals surface area contributed by atoms with Crippen molar-refractivity contribution in [2.75, 3.05) is 0 Å². The van der Waals surface area contributed by atoms with Gasteiger partial charge in [-0.1, -0.05) is 0 Å². The van der Waals surface area contributed by atoms with Gasteiger partial charge >= 0.3 is 5.97 Å². The Morgan fingerprint density at radius 2 is 1.19 bits per heavy atom. The molecule has 176 valence electrons. The van der Waals surface area contributed by atoms with Crippen molar-refractivity contribution in [1.29, 1.82) is 0 Å². The summed E-state index contributed by atoms with van der Waals surface area (Å²) in [6, 6.07) is -6.53. The molecule has 0 aromatic rings. The fourth-order valence-corrected chi connectivity index (χ4v) is 2.22. The second kappa shape index (κ2) is 12.4. The summed E-state index contributed by atoms with van der Waals surface area (Å²) >= 11 is 0. The monoisotopic (exact) mass is 448 g/mol. The van der Waals surface area contributed by atoms with Crippen LogP contribution in [-0.2, 0) is 28.8 Å². The summed E-state index contributed by atoms with van der Waals surface area (Å²) in [4.78, 5) is 70.2. The van der Waals surface area contributed by atoms with E-state index in [-0.39, 0.29) is 0 Å². The van der Waals surface area contributed by atoms with Crippen LogP contribution in [0.3, 0.4) is 0 Å². The summed E-state index contributed by atoms with van der Waals surface area (Å²) in [6.45, 7) is 2.36. The molecule has 0 bridgehead atoms. The minimum Gasteiger partial charge on any atom is -0.480 e. The topological polar surface area (TPSA) is 277 Å². The minimum absolute atomic E-state index is 0.762. The molecule has 0 fully saturated rings. The molecule has 0 aliphatic carbocycles. The van der Waals surface area contributed by atoms with Crippen LogP contribution >= 0.6 is 0 Å². The number of hydrogen-bond acceptors (Lipinski definition) is 9. The first kappa shape index (κ1) is 27.7. The van der Waals surface area contributed by atoms with Crippen molar-refractivity contribution in [2.45, 2.75) is 63.1 Å². The molecule has 6 atom stereocenters. The van der Waals surface area contributed by atoms with Crippen molar-refractivity contribution in [2.24, 2.45) is 17.2 Å². The number of hydrogen-bond donors (Lipinski definition) is 9. The Labute approximate surface area is 176 Å². The van der Waals surface area contributed by atoms with Gasteiger partial charge in [-0.2, -0.15) is 0 Å². The first-order valence-corrected chi connectivity index (χ1v) is 8.99. The molecule has 0 saturated carbocycles. The second-order valence-electron chi connectivity index (χ2n) is 6.79. The predicted molar refractivity (Wildman–Crippen MR) is 102 cm³/mol. The molecule has 0 spiro atoms. The average molecular weight is 448 g/mol. The van der Waals surface area contributed by atoms with E-state index in [1.807, 2.05) is 5.32 Å². The maximum Gasteiger partial charge on any atom is 0.326 e. The second-order valence-corrected chi connectivity index (χ2v) is 6.79. The van der Waals surface area contributed by atoms with Gasteiger partial charge in [0.1, 0.15) is 24.2 Å². The lowest BCUT2D eigenvalue weighted by atomic mass is 10.1. The number of aliphatic hydroxyl groups excluding tert-OH is 2. The molecule has 0 heterocycles. The van der Waals surface area contributed by atoms with E-state index in [1.165, 1.54) is 6.92 Å². The zero-order valence-electron chi connectivity index (χ0n) is 16.9. The highest BCUT2D eigenvalue weighted by Crippen LogP contribution is 2.02. The fourth-order valence-electron chi connectivity index (χ4n) is 2.22. The van der Waals surface area contributed by atoms with Gasteiger partial charge in [-0.25, -0.2) is 4.79 Å². The van der Waals surface area contributed by atoms with Crippen molar-refractivity contribution < 1.29 is 44.1 Å². The highest BCUT2D eigenvalue weighted by atomic mass is 16.4. The van der Waals surface area contributed by atoms with E-state index in [1.54, 1.807) is 0 Å². The molecule has 0 aliphatic heterocycles. The van der Waals surface area contributed by atoms with Crippen LogP contribution in [0.4, 0.5) is 0 Å². The first-order valence-electron chi connectivity index (χ1n) is 8.99. The number of amides is 5. The lowest BCUT2D eigenvalue weighted by Gasteiger charge is -2.26. The van der Waals surface area contributed by atoms with E-state index in [2.05, 4.69) is 10.6 Å². The molecule has 0 radical (unpaired) electrons. The van der Waals surface area contributed by atoms with Crippen LogP contribution in [0.5, 0.6) is 0 Å². The molecule has 5 amide bonds. The minimum atomic E-state index is -1.74. The molecule has 15 heteroatoms. The summed E-state index contributed by atoms with van der Waals surface area (Å²) < 4.78 is 0. The van der Waals surface area contributed by atoms with Crippen LogP contribution in [0.2, 0.25) is 0 Å². The quantitative estimate of drug-likeness (QED) is 0.129. The van der Waals surface area contributed by atoms with E-state index >= 15 is 0 Å². The SMILES string of the molecule is CC(O)C(N)C(=O)NC(C(=O)NC(CC(N)=O)C(=O)NC(CC(N)=O)C(=O)O)C(C)O. The zero-order valence-corrected chi connectivity index (χ0v) is 16.9. The van der Waals surface area contributed by atoms with Crippen molar-refractivity contribution >= 4 is 35.5 Å². The summed E-state index contributed by atoms with van der Waals surface area (Å²) in [5, 5.41) is 34.3. The molecule has 0 rings (SSSR count). The average Bonchev–Trinajstić information content (AvgIpc) is 2.62. The van der Waals surface area contributed by atoms with Crippen LogP contribution < -0.4 is 33.2 Å². The highest BCUT2D eigenvalue weighted by molar-refractivity contribution is 5.97. The number of rotatable bonds is 13. The Hall–Kier alpha value is -3.30. The maximum atomic E-state index is 12.5. The third-order valence-corrected chi connectivity index (χ3v) is 3.94. The van der Waals surface area contributed by atoms with Gasteiger partial charge in [0.25, 0.3) is 0 Å². The smallest absolute Gasteiger partial charge is 0.326 e. The number of aliphatic carboxylic acids is 1. The van der Waals surface area contributed by atoms with Crippen molar-refractivity contribution in [3.05, 3.63) is 0 Å². The summed E-state index contributed by atoms with van der Waals surface area (Å²) in [5.74, 6) is -6.98. The van der Waals surface area contributed by atoms with Gasteiger partial charge in [-0.05, 0) is 13.8 Å². The van der Waals surface area contributed by atoms with E-state index in [9.17, 15) is 39.0 Å². The van der Waals surface area contributed by atoms with Gasteiger partial charge in [-0.15, -0.1) is 0 Å². The number of nitrogens with one attached hydrogen (secondary N) is 3. The van der Waals surface area contributed by atoms with Gasteiger partial charge in [0.05, 0.1) is 25.0 Å². The molecule has 15 nitrogen and oxygen atoms in total. The van der Waals surface area contributed by atoms with Crippen LogP contribution in [0.25, 0.3) is 0 Å². The Kier molecular flexibility index (Phi) is 11.1. The highest BCUT2D eigenvalue weighted by Gasteiger charge is 2.33. The molecule has 31 heavy (non-hydrogen) atoms. The maximum absolute atomic E-state index is 12.5. The third kappa shape index (κ3) is 9.83. The van der Waals surface area contributed by atoms with Gasteiger partial charge in [0.2, 0.25) is 29.5 Å². The Bertz CT molecular complexity index is 712. The number of carbonyl (C=O) groups is 6. The van der Waals surface area contributed by atoms with Gasteiger partial charge < -0.3 is 48.5 Å². The lowest BCUT2D eigenvalue weighted by Crippen LogP contribution is -2.61. The standard InChI is InChI=1S/C16H28N6O9/c1-5(23)11(19)14(28)22-12(6(2)24)15(29)20-7(3-9(17)25)13(27)21-8(16(30)31)4-10(18)26/h5-8,11-12,23-24H,3-4,19H2,1-2H3,(H2,17,25)(H2,18,26)(H,20,29)(H,21,27)(H,22,28)(H,30,31). The van der Waals surface area contributed by atoms with Gasteiger partial charge in [-0.3, -0.25) is 24.0 Å². The summed E-state index contributed by atoms with van der Waals surface area (Å²) in [5.41, 5.74) is 15.4. The Morgan fingerprint density at radius 3 is 1.58 bits per heavy atom. The Balaban J connectivity index is 5.49.